The van der Waals surface area contributed by atoms with Crippen molar-refractivity contribution >= 4 is 28.2 Å². The van der Waals surface area contributed by atoms with Crippen molar-refractivity contribution in [3.63, 3.8) is 0 Å². The normalized spacial score (nSPS) is 14.9. The van der Waals surface area contributed by atoms with Crippen molar-refractivity contribution < 1.29 is 4.79 Å². The molecule has 8 nitrogen and oxygen atoms in total. The molecule has 0 spiro atoms. The molecule has 1 N–H and O–H groups in total. The fourth-order valence-corrected chi connectivity index (χ4v) is 3.63. The van der Waals surface area contributed by atoms with Crippen molar-refractivity contribution in [2.75, 3.05) is 23.3 Å². The van der Waals surface area contributed by atoms with E-state index in [0.29, 0.717) is 5.13 Å². The Balaban J connectivity index is 1.44. The number of amides is 1. The largest absolute Gasteiger partial charge is 0.356 e. The smallest absolute Gasteiger partial charge is 0.229 e. The number of anilines is 2. The Kier molecular flexibility index (Phi) is 5.01. The van der Waals surface area contributed by atoms with Gasteiger partial charge in [-0.2, -0.15) is 0 Å². The van der Waals surface area contributed by atoms with Crippen molar-refractivity contribution in [1.29, 1.82) is 0 Å². The third-order valence-corrected chi connectivity index (χ3v) is 5.17. The van der Waals surface area contributed by atoms with Crippen LogP contribution >= 0.6 is 11.3 Å². The van der Waals surface area contributed by atoms with Gasteiger partial charge in [-0.15, -0.1) is 10.2 Å². The first kappa shape index (κ1) is 17.5. The van der Waals surface area contributed by atoms with Crippen LogP contribution in [0.2, 0.25) is 0 Å². The highest BCUT2D eigenvalue weighted by atomic mass is 32.1. The molecule has 0 aromatic carbocycles. The van der Waals surface area contributed by atoms with Crippen molar-refractivity contribution in [2.24, 2.45) is 5.92 Å². The summed E-state index contributed by atoms with van der Waals surface area (Å²) in [5.74, 6) is 1.61. The molecule has 0 radical (unpaired) electrons. The summed E-state index contributed by atoms with van der Waals surface area (Å²) in [5, 5.41) is 11.0. The van der Waals surface area contributed by atoms with E-state index in [1.54, 1.807) is 17.9 Å². The van der Waals surface area contributed by atoms with Crippen LogP contribution in [0.3, 0.4) is 0 Å². The van der Waals surface area contributed by atoms with Crippen molar-refractivity contribution in [1.82, 2.24) is 25.1 Å². The van der Waals surface area contributed by atoms with Gasteiger partial charge < -0.3 is 10.2 Å². The van der Waals surface area contributed by atoms with E-state index in [-0.39, 0.29) is 11.8 Å². The maximum Gasteiger partial charge on any atom is 0.229 e. The predicted octanol–water partition coefficient (Wildman–Crippen LogP) is 2.55. The molecule has 0 bridgehead atoms. The molecule has 1 saturated heterocycles. The van der Waals surface area contributed by atoms with E-state index in [2.05, 4.69) is 35.4 Å². The molecule has 27 heavy (non-hydrogen) atoms. The highest BCUT2D eigenvalue weighted by Gasteiger charge is 2.26. The molecule has 3 aromatic heterocycles. The number of aromatic nitrogens is 5. The number of nitrogens with zero attached hydrogens (tertiary/aromatic N) is 6. The van der Waals surface area contributed by atoms with Gasteiger partial charge in [0.15, 0.2) is 0 Å². The van der Waals surface area contributed by atoms with Gasteiger partial charge in [-0.3, -0.25) is 9.78 Å². The van der Waals surface area contributed by atoms with Crippen molar-refractivity contribution in [3.8, 4) is 11.3 Å². The Bertz CT molecular complexity index is 909. The molecule has 4 rings (SSSR count). The fraction of sp³-hybridized carbons (Fsp3) is 0.333. The molecule has 0 saturated carbocycles. The molecule has 0 atom stereocenters. The number of hydrogen-bond donors (Lipinski definition) is 1. The van der Waals surface area contributed by atoms with Gasteiger partial charge in [-0.25, -0.2) is 9.97 Å². The van der Waals surface area contributed by atoms with Gasteiger partial charge in [0.05, 0.1) is 5.69 Å². The van der Waals surface area contributed by atoms with Gasteiger partial charge in [0, 0.05) is 43.0 Å². The van der Waals surface area contributed by atoms with Crippen LogP contribution in [-0.4, -0.2) is 44.1 Å². The quantitative estimate of drug-likeness (QED) is 0.742. The number of nitrogens with one attached hydrogen (secondary N) is 1. The predicted molar refractivity (Wildman–Crippen MR) is 103 cm³/mol. The van der Waals surface area contributed by atoms with Crippen LogP contribution in [-0.2, 0) is 4.79 Å². The van der Waals surface area contributed by atoms with E-state index in [4.69, 9.17) is 0 Å². The molecule has 1 aliphatic rings. The average Bonchev–Trinajstić information content (AvgIpc) is 3.21. The number of aryl methyl sites for hydroxylation is 1. The van der Waals surface area contributed by atoms with Gasteiger partial charge in [0.1, 0.15) is 17.2 Å². The minimum Gasteiger partial charge on any atom is -0.356 e. The molecule has 1 amide bonds. The second kappa shape index (κ2) is 7.75. The zero-order valence-corrected chi connectivity index (χ0v) is 15.7. The minimum absolute atomic E-state index is 0.0151. The maximum atomic E-state index is 12.4. The summed E-state index contributed by atoms with van der Waals surface area (Å²) >= 11 is 1.33. The number of pyridine rings is 1. The second-order valence-corrected chi connectivity index (χ2v) is 7.23. The van der Waals surface area contributed by atoms with E-state index in [1.165, 1.54) is 11.3 Å². The first-order valence-electron chi connectivity index (χ1n) is 8.77. The summed E-state index contributed by atoms with van der Waals surface area (Å²) in [6.07, 6.45) is 5.09. The first-order chi connectivity index (χ1) is 13.2. The van der Waals surface area contributed by atoms with Gasteiger partial charge in [-0.1, -0.05) is 11.3 Å². The Morgan fingerprint density at radius 1 is 1.30 bits per heavy atom. The zero-order chi connectivity index (χ0) is 18.6. The van der Waals surface area contributed by atoms with E-state index >= 15 is 0 Å². The summed E-state index contributed by atoms with van der Waals surface area (Å²) in [4.78, 5) is 27.9. The minimum atomic E-state index is -0.0223. The van der Waals surface area contributed by atoms with Crippen LogP contribution < -0.4 is 10.2 Å². The Morgan fingerprint density at radius 3 is 2.85 bits per heavy atom. The number of hydrogen-bond acceptors (Lipinski definition) is 8. The highest BCUT2D eigenvalue weighted by Crippen LogP contribution is 2.26. The zero-order valence-electron chi connectivity index (χ0n) is 14.9. The molecule has 0 unspecified atom stereocenters. The molecule has 138 valence electrons. The third-order valence-electron chi connectivity index (χ3n) is 4.56. The molecule has 0 aliphatic carbocycles. The van der Waals surface area contributed by atoms with Gasteiger partial charge >= 0.3 is 0 Å². The molecular formula is C18H19N7OS. The monoisotopic (exact) mass is 381 g/mol. The van der Waals surface area contributed by atoms with Crippen LogP contribution in [0.5, 0.6) is 0 Å². The second-order valence-electron chi connectivity index (χ2n) is 6.39. The summed E-state index contributed by atoms with van der Waals surface area (Å²) in [6, 6.07) is 5.88. The Hall–Kier alpha value is -2.94. The van der Waals surface area contributed by atoms with Crippen LogP contribution in [0, 0.1) is 12.8 Å². The lowest BCUT2D eigenvalue weighted by Crippen LogP contribution is -2.38. The van der Waals surface area contributed by atoms with Gasteiger partial charge in [0.25, 0.3) is 0 Å². The molecule has 9 heteroatoms. The Labute approximate surface area is 160 Å². The van der Waals surface area contributed by atoms with Gasteiger partial charge in [-0.05, 0) is 31.9 Å². The average molecular weight is 381 g/mol. The molecule has 3 aromatic rings. The van der Waals surface area contributed by atoms with E-state index < -0.39 is 0 Å². The SMILES string of the molecule is Cc1nc(-c2cccnc2)cc(N2CCC(C(=O)Nc3nncs3)CC2)n1. The lowest BCUT2D eigenvalue weighted by molar-refractivity contribution is -0.120. The summed E-state index contributed by atoms with van der Waals surface area (Å²) in [7, 11) is 0. The number of carbonyl (C=O) groups is 1. The van der Waals surface area contributed by atoms with Crippen LogP contribution in [0.1, 0.15) is 18.7 Å². The lowest BCUT2D eigenvalue weighted by Gasteiger charge is -2.32. The summed E-state index contributed by atoms with van der Waals surface area (Å²) < 4.78 is 0. The topological polar surface area (TPSA) is 96.8 Å². The van der Waals surface area contributed by atoms with Crippen molar-refractivity contribution in [3.05, 3.63) is 41.9 Å². The number of piperidine rings is 1. The third kappa shape index (κ3) is 4.08. The molecular weight excluding hydrogens is 362 g/mol. The van der Waals surface area contributed by atoms with E-state index in [0.717, 1.165) is 48.8 Å². The number of carbonyl (C=O) groups excluding carboxylic acids is 1. The summed E-state index contributed by atoms with van der Waals surface area (Å²) in [6.45, 7) is 3.44. The standard InChI is InChI=1S/C18H19N7OS/c1-12-21-15(14-3-2-6-19-10-14)9-16(22-12)25-7-4-13(5-8-25)17(26)23-18-24-20-11-27-18/h2-3,6,9-11,13H,4-5,7-8H2,1H3,(H,23,24,26). The van der Waals surface area contributed by atoms with E-state index in [1.807, 2.05) is 25.1 Å². The number of rotatable bonds is 4. The van der Waals surface area contributed by atoms with Crippen LogP contribution in [0.25, 0.3) is 11.3 Å². The van der Waals surface area contributed by atoms with Gasteiger partial charge in [0.2, 0.25) is 11.0 Å². The van der Waals surface area contributed by atoms with Crippen LogP contribution in [0.4, 0.5) is 10.9 Å². The first-order valence-corrected chi connectivity index (χ1v) is 9.65. The fourth-order valence-electron chi connectivity index (χ4n) is 3.18. The lowest BCUT2D eigenvalue weighted by atomic mass is 9.96. The summed E-state index contributed by atoms with van der Waals surface area (Å²) in [5.41, 5.74) is 3.44. The highest BCUT2D eigenvalue weighted by molar-refractivity contribution is 7.13. The maximum absolute atomic E-state index is 12.4. The van der Waals surface area contributed by atoms with Crippen molar-refractivity contribution in [2.45, 2.75) is 19.8 Å². The molecule has 4 heterocycles. The molecule has 1 aliphatic heterocycles. The Morgan fingerprint density at radius 2 is 2.15 bits per heavy atom. The molecule has 1 fully saturated rings. The van der Waals surface area contributed by atoms with Crippen LogP contribution in [0.15, 0.2) is 36.1 Å². The van der Waals surface area contributed by atoms with E-state index in [9.17, 15) is 4.79 Å².